The third kappa shape index (κ3) is 3.46. The van der Waals surface area contributed by atoms with Crippen LogP contribution in [0, 0.1) is 11.3 Å². The molecule has 0 amide bonds. The van der Waals surface area contributed by atoms with Crippen LogP contribution in [0.2, 0.25) is 0 Å². The van der Waals surface area contributed by atoms with Gasteiger partial charge in [-0.15, -0.1) is 0 Å². The summed E-state index contributed by atoms with van der Waals surface area (Å²) in [6, 6.07) is 0.567. The first-order valence-electron chi connectivity index (χ1n) is 7.55. The van der Waals surface area contributed by atoms with Gasteiger partial charge in [0.25, 0.3) is 0 Å². The lowest BCUT2D eigenvalue weighted by Gasteiger charge is -2.45. The summed E-state index contributed by atoms with van der Waals surface area (Å²) in [5.74, 6) is 0.816. The van der Waals surface area contributed by atoms with Gasteiger partial charge in [-0.3, -0.25) is 4.90 Å². The van der Waals surface area contributed by atoms with Crippen LogP contribution in [0.25, 0.3) is 0 Å². The van der Waals surface area contributed by atoms with E-state index >= 15 is 0 Å². The molecule has 2 saturated heterocycles. The van der Waals surface area contributed by atoms with Crippen molar-refractivity contribution >= 4 is 0 Å². The molecule has 1 N–H and O–H groups in total. The molecule has 0 saturated carbocycles. The van der Waals surface area contributed by atoms with Crippen LogP contribution in [0.1, 0.15) is 40.5 Å². The van der Waals surface area contributed by atoms with Gasteiger partial charge in [0.05, 0.1) is 12.7 Å². The molecule has 3 heteroatoms. The number of hydrogen-bond donors (Lipinski definition) is 1. The number of nitrogens with zero attached hydrogens (tertiary/aromatic N) is 1. The van der Waals surface area contributed by atoms with Crippen molar-refractivity contribution in [3.05, 3.63) is 0 Å². The monoisotopic (exact) mass is 254 g/mol. The Labute approximate surface area is 112 Å². The van der Waals surface area contributed by atoms with E-state index in [4.69, 9.17) is 4.74 Å². The van der Waals surface area contributed by atoms with E-state index in [1.165, 1.54) is 32.5 Å². The van der Waals surface area contributed by atoms with Gasteiger partial charge in [0.1, 0.15) is 0 Å². The third-order valence-corrected chi connectivity index (χ3v) is 4.75. The molecule has 0 aromatic carbocycles. The molecule has 0 aromatic heterocycles. The van der Waals surface area contributed by atoms with E-state index in [-0.39, 0.29) is 0 Å². The van der Waals surface area contributed by atoms with Crippen LogP contribution in [0.15, 0.2) is 0 Å². The summed E-state index contributed by atoms with van der Waals surface area (Å²) in [6.07, 6.45) is 3.11. The Bertz CT molecular complexity index is 261. The minimum atomic E-state index is 0.390. The molecule has 2 heterocycles. The van der Waals surface area contributed by atoms with E-state index in [9.17, 15) is 0 Å². The van der Waals surface area contributed by atoms with Crippen LogP contribution in [0.3, 0.4) is 0 Å². The standard InChI is InChI=1S/C15H30N2O/c1-12-10-18-13(2)9-17(12)11-15(3,4)14-6-5-7-16-8-14/h12-14,16H,5-11H2,1-4H3. The Kier molecular flexibility index (Phi) is 4.68. The van der Waals surface area contributed by atoms with E-state index in [0.717, 1.165) is 19.1 Å². The van der Waals surface area contributed by atoms with Gasteiger partial charge in [0.2, 0.25) is 0 Å². The van der Waals surface area contributed by atoms with Gasteiger partial charge >= 0.3 is 0 Å². The number of morpholine rings is 1. The van der Waals surface area contributed by atoms with Crippen molar-refractivity contribution in [1.29, 1.82) is 0 Å². The van der Waals surface area contributed by atoms with Crippen LogP contribution in [-0.4, -0.2) is 49.8 Å². The lowest BCUT2D eigenvalue weighted by Crippen LogP contribution is -2.53. The maximum Gasteiger partial charge on any atom is 0.0674 e. The molecule has 3 unspecified atom stereocenters. The summed E-state index contributed by atoms with van der Waals surface area (Å²) in [5, 5.41) is 3.55. The van der Waals surface area contributed by atoms with Crippen molar-refractivity contribution in [1.82, 2.24) is 10.2 Å². The predicted molar refractivity (Wildman–Crippen MR) is 75.8 cm³/mol. The molecule has 0 aromatic rings. The van der Waals surface area contributed by atoms with Crippen molar-refractivity contribution in [2.24, 2.45) is 11.3 Å². The zero-order valence-corrected chi connectivity index (χ0v) is 12.5. The Hall–Kier alpha value is -0.120. The maximum absolute atomic E-state index is 5.73. The van der Waals surface area contributed by atoms with Crippen molar-refractivity contribution in [3.63, 3.8) is 0 Å². The maximum atomic E-state index is 5.73. The average Bonchev–Trinajstić information content (AvgIpc) is 2.35. The van der Waals surface area contributed by atoms with E-state index < -0.39 is 0 Å². The molecule has 3 atom stereocenters. The second-order valence-corrected chi connectivity index (χ2v) is 6.95. The second kappa shape index (κ2) is 5.89. The highest BCUT2D eigenvalue weighted by Crippen LogP contribution is 2.33. The molecular weight excluding hydrogens is 224 g/mol. The number of piperidine rings is 1. The molecule has 0 aliphatic carbocycles. The van der Waals surface area contributed by atoms with Crippen molar-refractivity contribution in [2.45, 2.75) is 52.7 Å². The Morgan fingerprint density at radius 3 is 2.78 bits per heavy atom. The summed E-state index contributed by atoms with van der Waals surface area (Å²) in [6.45, 7) is 14.9. The fourth-order valence-electron chi connectivity index (χ4n) is 3.36. The summed E-state index contributed by atoms with van der Waals surface area (Å²) in [5.41, 5.74) is 0.402. The fraction of sp³-hybridized carbons (Fsp3) is 1.00. The quantitative estimate of drug-likeness (QED) is 0.835. The van der Waals surface area contributed by atoms with Gasteiger partial charge in [-0.1, -0.05) is 13.8 Å². The molecule has 0 radical (unpaired) electrons. The molecule has 2 fully saturated rings. The van der Waals surface area contributed by atoms with Crippen molar-refractivity contribution in [3.8, 4) is 0 Å². The zero-order valence-electron chi connectivity index (χ0n) is 12.5. The van der Waals surface area contributed by atoms with Gasteiger partial charge in [-0.25, -0.2) is 0 Å². The second-order valence-electron chi connectivity index (χ2n) is 6.95. The number of hydrogen-bond acceptors (Lipinski definition) is 3. The molecule has 3 nitrogen and oxygen atoms in total. The smallest absolute Gasteiger partial charge is 0.0674 e. The predicted octanol–water partition coefficient (Wildman–Crippen LogP) is 2.12. The van der Waals surface area contributed by atoms with Gasteiger partial charge in [-0.2, -0.15) is 0 Å². The first kappa shape index (κ1) is 14.3. The van der Waals surface area contributed by atoms with E-state index in [1.807, 2.05) is 0 Å². The van der Waals surface area contributed by atoms with E-state index in [0.29, 0.717) is 17.6 Å². The minimum absolute atomic E-state index is 0.390. The number of rotatable bonds is 3. The van der Waals surface area contributed by atoms with Crippen LogP contribution >= 0.6 is 0 Å². The average molecular weight is 254 g/mol. The molecular formula is C15H30N2O. The number of ether oxygens (including phenoxy) is 1. The first-order valence-corrected chi connectivity index (χ1v) is 7.55. The van der Waals surface area contributed by atoms with Crippen molar-refractivity contribution in [2.75, 3.05) is 32.8 Å². The Morgan fingerprint density at radius 2 is 2.11 bits per heavy atom. The van der Waals surface area contributed by atoms with E-state index in [2.05, 4.69) is 37.9 Å². The van der Waals surface area contributed by atoms with Crippen molar-refractivity contribution < 1.29 is 4.74 Å². The van der Waals surface area contributed by atoms with E-state index in [1.54, 1.807) is 0 Å². The molecule has 0 bridgehead atoms. The summed E-state index contributed by atoms with van der Waals surface area (Å²) in [4.78, 5) is 2.63. The third-order valence-electron chi connectivity index (χ3n) is 4.75. The highest BCUT2D eigenvalue weighted by Gasteiger charge is 2.35. The molecule has 106 valence electrons. The van der Waals surface area contributed by atoms with Crippen LogP contribution in [0.5, 0.6) is 0 Å². The highest BCUT2D eigenvalue weighted by molar-refractivity contribution is 4.88. The molecule has 0 spiro atoms. The van der Waals surface area contributed by atoms with Gasteiger partial charge in [0.15, 0.2) is 0 Å². The normalized spacial score (nSPS) is 35.7. The lowest BCUT2D eigenvalue weighted by atomic mass is 9.74. The Balaban J connectivity index is 1.93. The fourth-order valence-corrected chi connectivity index (χ4v) is 3.36. The number of nitrogens with one attached hydrogen (secondary N) is 1. The summed E-state index contributed by atoms with van der Waals surface area (Å²) >= 11 is 0. The summed E-state index contributed by atoms with van der Waals surface area (Å²) < 4.78 is 5.73. The van der Waals surface area contributed by atoms with Gasteiger partial charge < -0.3 is 10.1 Å². The van der Waals surface area contributed by atoms with Crippen LogP contribution in [-0.2, 0) is 4.74 Å². The molecule has 2 rings (SSSR count). The largest absolute Gasteiger partial charge is 0.376 e. The Morgan fingerprint density at radius 1 is 1.33 bits per heavy atom. The SMILES string of the molecule is CC1CN(CC(C)(C)C2CCCNC2)C(C)CO1. The topological polar surface area (TPSA) is 24.5 Å². The zero-order chi connectivity index (χ0) is 13.2. The van der Waals surface area contributed by atoms with Gasteiger partial charge in [0, 0.05) is 19.1 Å². The minimum Gasteiger partial charge on any atom is -0.376 e. The van der Waals surface area contributed by atoms with Crippen LogP contribution < -0.4 is 5.32 Å². The lowest BCUT2D eigenvalue weighted by molar-refractivity contribution is -0.0664. The highest BCUT2D eigenvalue weighted by atomic mass is 16.5. The molecule has 2 aliphatic rings. The first-order chi connectivity index (χ1) is 8.49. The molecule has 2 aliphatic heterocycles. The molecule has 18 heavy (non-hydrogen) atoms. The van der Waals surface area contributed by atoms with Crippen LogP contribution in [0.4, 0.5) is 0 Å². The van der Waals surface area contributed by atoms with Gasteiger partial charge in [-0.05, 0) is 51.1 Å². The summed E-state index contributed by atoms with van der Waals surface area (Å²) in [7, 11) is 0.